The number of rotatable bonds is 2. The Hall–Kier alpha value is -1.62. The number of anilines is 1. The summed E-state index contributed by atoms with van der Waals surface area (Å²) in [6.07, 6.45) is 5.17. The summed E-state index contributed by atoms with van der Waals surface area (Å²) in [5.41, 5.74) is 7.71. The minimum Gasteiger partial charge on any atom is -0.384 e. The maximum absolute atomic E-state index is 5.82. The van der Waals surface area contributed by atoms with Crippen molar-refractivity contribution in [3.63, 3.8) is 0 Å². The number of nitrogen functional groups attached to an aromatic ring is 1. The first-order valence-corrected chi connectivity index (χ1v) is 5.65. The third-order valence-corrected chi connectivity index (χ3v) is 3.06. The first-order chi connectivity index (χ1) is 7.83. The molecular weight excluding hydrogens is 202 g/mol. The van der Waals surface area contributed by atoms with Crippen molar-refractivity contribution < 1.29 is 0 Å². The second kappa shape index (κ2) is 3.75. The van der Waals surface area contributed by atoms with E-state index in [4.69, 9.17) is 5.73 Å². The molecule has 16 heavy (non-hydrogen) atoms. The van der Waals surface area contributed by atoms with Gasteiger partial charge in [0.1, 0.15) is 5.82 Å². The highest BCUT2D eigenvalue weighted by Crippen LogP contribution is 2.13. The van der Waals surface area contributed by atoms with Crippen LogP contribution in [0, 0.1) is 0 Å². The van der Waals surface area contributed by atoms with Crippen LogP contribution in [0.3, 0.4) is 0 Å². The minimum atomic E-state index is 0.561. The average Bonchev–Trinajstić information content (AvgIpc) is 2.88. The average molecular weight is 217 g/mol. The molecule has 1 fully saturated rings. The van der Waals surface area contributed by atoms with Crippen molar-refractivity contribution in [3.05, 3.63) is 24.0 Å². The molecule has 5 heteroatoms. The molecule has 2 aromatic rings. The van der Waals surface area contributed by atoms with Crippen molar-refractivity contribution in [2.24, 2.45) is 0 Å². The summed E-state index contributed by atoms with van der Waals surface area (Å²) in [4.78, 5) is 4.24. The van der Waals surface area contributed by atoms with Crippen LogP contribution in [-0.4, -0.2) is 27.2 Å². The highest BCUT2D eigenvalue weighted by Gasteiger charge is 2.16. The summed E-state index contributed by atoms with van der Waals surface area (Å²) < 4.78 is 1.70. The van der Waals surface area contributed by atoms with Gasteiger partial charge in [-0.3, -0.25) is 0 Å². The molecular formula is C11H15N5. The number of hydrogen-bond acceptors (Lipinski definition) is 4. The number of aromatic nitrogens is 3. The topological polar surface area (TPSA) is 68.2 Å². The second-order valence-electron chi connectivity index (χ2n) is 4.27. The fraction of sp³-hybridized carbons (Fsp3) is 0.455. The predicted octanol–water partition coefficient (Wildman–Crippen LogP) is 0.606. The Morgan fingerprint density at radius 3 is 3.25 bits per heavy atom. The van der Waals surface area contributed by atoms with E-state index in [1.54, 1.807) is 16.8 Å². The Balaban J connectivity index is 1.90. The lowest BCUT2D eigenvalue weighted by atomic mass is 10.1. The van der Waals surface area contributed by atoms with Crippen LogP contribution in [0.1, 0.15) is 18.5 Å². The SMILES string of the molecule is Nc1ccnc2cc(CC3CCCN3)nn12. The van der Waals surface area contributed by atoms with E-state index in [-0.39, 0.29) is 0 Å². The molecule has 1 aliphatic rings. The zero-order valence-corrected chi connectivity index (χ0v) is 9.06. The molecule has 5 nitrogen and oxygen atoms in total. The summed E-state index contributed by atoms with van der Waals surface area (Å²) in [5, 5.41) is 7.93. The van der Waals surface area contributed by atoms with E-state index in [1.807, 2.05) is 6.07 Å². The largest absolute Gasteiger partial charge is 0.384 e. The van der Waals surface area contributed by atoms with Gasteiger partial charge in [-0.15, -0.1) is 0 Å². The Kier molecular flexibility index (Phi) is 2.25. The number of nitrogens with two attached hydrogens (primary N) is 1. The lowest BCUT2D eigenvalue weighted by molar-refractivity contribution is 0.592. The molecule has 0 aromatic carbocycles. The van der Waals surface area contributed by atoms with E-state index >= 15 is 0 Å². The molecule has 0 saturated carbocycles. The van der Waals surface area contributed by atoms with Gasteiger partial charge in [0.15, 0.2) is 5.65 Å². The highest BCUT2D eigenvalue weighted by molar-refractivity contribution is 5.46. The summed E-state index contributed by atoms with van der Waals surface area (Å²) in [6, 6.07) is 4.33. The number of hydrogen-bond donors (Lipinski definition) is 2. The van der Waals surface area contributed by atoms with Gasteiger partial charge in [-0.2, -0.15) is 9.61 Å². The summed E-state index contributed by atoms with van der Waals surface area (Å²) in [5.74, 6) is 0.635. The normalized spacial score (nSPS) is 20.6. The van der Waals surface area contributed by atoms with Gasteiger partial charge in [0, 0.05) is 24.7 Å². The summed E-state index contributed by atoms with van der Waals surface area (Å²) in [6.45, 7) is 1.12. The predicted molar refractivity (Wildman–Crippen MR) is 62.1 cm³/mol. The summed E-state index contributed by atoms with van der Waals surface area (Å²) in [7, 11) is 0. The van der Waals surface area contributed by atoms with E-state index in [0.717, 1.165) is 24.3 Å². The third kappa shape index (κ3) is 1.63. The molecule has 0 radical (unpaired) electrons. The Labute approximate surface area is 93.7 Å². The molecule has 1 atom stereocenters. The van der Waals surface area contributed by atoms with E-state index in [9.17, 15) is 0 Å². The Morgan fingerprint density at radius 1 is 1.56 bits per heavy atom. The molecule has 84 valence electrons. The molecule has 0 aliphatic carbocycles. The molecule has 0 bridgehead atoms. The molecule has 2 aromatic heterocycles. The van der Waals surface area contributed by atoms with Crippen molar-refractivity contribution in [1.82, 2.24) is 19.9 Å². The lowest BCUT2D eigenvalue weighted by Crippen LogP contribution is -2.23. The van der Waals surface area contributed by atoms with Crippen LogP contribution in [0.4, 0.5) is 5.82 Å². The molecule has 3 heterocycles. The molecule has 3 N–H and O–H groups in total. The van der Waals surface area contributed by atoms with Crippen molar-refractivity contribution in [2.45, 2.75) is 25.3 Å². The van der Waals surface area contributed by atoms with Crippen LogP contribution in [0.25, 0.3) is 5.65 Å². The van der Waals surface area contributed by atoms with E-state index in [1.165, 1.54) is 12.8 Å². The molecule has 0 spiro atoms. The smallest absolute Gasteiger partial charge is 0.157 e. The van der Waals surface area contributed by atoms with Gasteiger partial charge in [-0.1, -0.05) is 0 Å². The first kappa shape index (κ1) is 9.59. The van der Waals surface area contributed by atoms with Crippen LogP contribution in [0.2, 0.25) is 0 Å². The van der Waals surface area contributed by atoms with Gasteiger partial charge in [0.05, 0.1) is 5.69 Å². The Bertz CT molecular complexity index is 498. The van der Waals surface area contributed by atoms with E-state index < -0.39 is 0 Å². The lowest BCUT2D eigenvalue weighted by Gasteiger charge is -2.06. The van der Waals surface area contributed by atoms with Gasteiger partial charge in [0.2, 0.25) is 0 Å². The number of nitrogens with zero attached hydrogens (tertiary/aromatic N) is 3. The maximum atomic E-state index is 5.82. The molecule has 3 rings (SSSR count). The summed E-state index contributed by atoms with van der Waals surface area (Å²) >= 11 is 0. The van der Waals surface area contributed by atoms with Gasteiger partial charge < -0.3 is 11.1 Å². The number of nitrogens with one attached hydrogen (secondary N) is 1. The molecule has 1 aliphatic heterocycles. The highest BCUT2D eigenvalue weighted by atomic mass is 15.3. The second-order valence-corrected chi connectivity index (χ2v) is 4.27. The van der Waals surface area contributed by atoms with Gasteiger partial charge in [0.25, 0.3) is 0 Å². The molecule has 1 unspecified atom stereocenters. The van der Waals surface area contributed by atoms with Crippen LogP contribution < -0.4 is 11.1 Å². The van der Waals surface area contributed by atoms with Crippen LogP contribution in [0.5, 0.6) is 0 Å². The molecule has 1 saturated heterocycles. The maximum Gasteiger partial charge on any atom is 0.157 e. The molecule has 0 amide bonds. The van der Waals surface area contributed by atoms with E-state index in [0.29, 0.717) is 11.9 Å². The minimum absolute atomic E-state index is 0.561. The quantitative estimate of drug-likeness (QED) is 0.773. The van der Waals surface area contributed by atoms with Gasteiger partial charge >= 0.3 is 0 Å². The zero-order valence-electron chi connectivity index (χ0n) is 9.06. The van der Waals surface area contributed by atoms with Crippen LogP contribution >= 0.6 is 0 Å². The van der Waals surface area contributed by atoms with Crippen molar-refractivity contribution in [1.29, 1.82) is 0 Å². The monoisotopic (exact) mass is 217 g/mol. The Morgan fingerprint density at radius 2 is 2.50 bits per heavy atom. The first-order valence-electron chi connectivity index (χ1n) is 5.65. The van der Waals surface area contributed by atoms with Crippen molar-refractivity contribution in [3.8, 4) is 0 Å². The third-order valence-electron chi connectivity index (χ3n) is 3.06. The fourth-order valence-corrected chi connectivity index (χ4v) is 2.24. The van der Waals surface area contributed by atoms with Gasteiger partial charge in [-0.05, 0) is 25.5 Å². The van der Waals surface area contributed by atoms with Crippen LogP contribution in [-0.2, 0) is 6.42 Å². The number of fused-ring (bicyclic) bond motifs is 1. The van der Waals surface area contributed by atoms with Gasteiger partial charge in [-0.25, -0.2) is 4.98 Å². The fourth-order valence-electron chi connectivity index (χ4n) is 2.24. The zero-order chi connectivity index (χ0) is 11.0. The van der Waals surface area contributed by atoms with Crippen LogP contribution in [0.15, 0.2) is 18.3 Å². The van der Waals surface area contributed by atoms with E-state index in [2.05, 4.69) is 15.4 Å². The standard InChI is InChI=1S/C11H15N5/c12-10-3-5-14-11-7-9(15-16(10)11)6-8-2-1-4-13-8/h3,5,7-8,13H,1-2,4,6,12H2. The van der Waals surface area contributed by atoms with Crippen molar-refractivity contribution >= 4 is 11.5 Å². The van der Waals surface area contributed by atoms with Crippen molar-refractivity contribution in [2.75, 3.05) is 12.3 Å².